The highest BCUT2D eigenvalue weighted by Gasteiger charge is 2.36. The molecule has 0 unspecified atom stereocenters. The minimum absolute atomic E-state index is 0.112. The van der Waals surface area contributed by atoms with Gasteiger partial charge < -0.3 is 0 Å². The monoisotopic (exact) mass is 487 g/mol. The van der Waals surface area contributed by atoms with Gasteiger partial charge in [0.1, 0.15) is 5.82 Å². The predicted octanol–water partition coefficient (Wildman–Crippen LogP) is 9.96. The first-order valence-corrected chi connectivity index (χ1v) is 15.0. The maximum atomic E-state index is 9.90. The topological polar surface area (TPSA) is 49.6 Å². The van der Waals surface area contributed by atoms with Crippen molar-refractivity contribution in [3.8, 4) is 17.2 Å². The largest absolute Gasteiger partial charge is 0.240 e. The van der Waals surface area contributed by atoms with Crippen molar-refractivity contribution in [3.63, 3.8) is 0 Å². The van der Waals surface area contributed by atoms with Crippen LogP contribution in [0.1, 0.15) is 140 Å². The Morgan fingerprint density at radius 3 is 1.89 bits per heavy atom. The Hall–Kier alpha value is -2.21. The highest BCUT2D eigenvalue weighted by atomic mass is 14.9. The highest BCUT2D eigenvalue weighted by Crippen LogP contribution is 2.45. The molecule has 1 aliphatic rings. The highest BCUT2D eigenvalue weighted by molar-refractivity contribution is 5.61. The van der Waals surface area contributed by atoms with E-state index in [9.17, 15) is 5.26 Å². The summed E-state index contributed by atoms with van der Waals surface area (Å²) in [7, 11) is 0. The number of benzene rings is 1. The number of hydrogen-bond donors (Lipinski definition) is 0. The standard InChI is InChI=1S/C33H49N3/c1-3-5-7-9-10-11-13-15-28-16-18-29(19-17-28)31-25-35-32(36-26-31)30-20-23-33(27-34,24-21-30)22-14-12-8-6-4-2/h16-19,25-26,30H,3-15,20-24H2,1-2H3. The quantitative estimate of drug-likeness (QED) is 0.221. The fraction of sp³-hybridized carbons (Fsp3) is 0.667. The summed E-state index contributed by atoms with van der Waals surface area (Å²) in [6, 6.07) is 11.7. The number of nitrogens with zero attached hydrogens (tertiary/aromatic N) is 3. The SMILES string of the molecule is CCCCCCCCCc1ccc(-c2cnc(C3CCC(C#N)(CCCCCCC)CC3)nc2)cc1. The van der Waals surface area contributed by atoms with Crippen LogP contribution < -0.4 is 0 Å². The van der Waals surface area contributed by atoms with E-state index in [1.807, 2.05) is 12.4 Å². The molecule has 1 heterocycles. The van der Waals surface area contributed by atoms with Gasteiger partial charge in [-0.25, -0.2) is 9.97 Å². The Balaban J connectivity index is 1.43. The zero-order valence-electron chi connectivity index (χ0n) is 23.1. The number of hydrogen-bond acceptors (Lipinski definition) is 3. The fourth-order valence-corrected chi connectivity index (χ4v) is 5.76. The number of rotatable bonds is 16. The lowest BCUT2D eigenvalue weighted by molar-refractivity contribution is 0.219. The van der Waals surface area contributed by atoms with E-state index < -0.39 is 0 Å². The maximum absolute atomic E-state index is 9.90. The Morgan fingerprint density at radius 1 is 0.750 bits per heavy atom. The van der Waals surface area contributed by atoms with Crippen molar-refractivity contribution in [1.82, 2.24) is 9.97 Å². The molecule has 0 atom stereocenters. The van der Waals surface area contributed by atoms with Gasteiger partial charge in [0.05, 0.1) is 11.5 Å². The second kappa shape index (κ2) is 15.8. The molecule has 0 bridgehead atoms. The van der Waals surface area contributed by atoms with E-state index in [-0.39, 0.29) is 5.41 Å². The van der Waals surface area contributed by atoms with Crippen molar-refractivity contribution in [1.29, 1.82) is 5.26 Å². The van der Waals surface area contributed by atoms with Gasteiger partial charge in [-0.1, -0.05) is 109 Å². The molecule has 3 nitrogen and oxygen atoms in total. The van der Waals surface area contributed by atoms with Crippen LogP contribution in [0, 0.1) is 16.7 Å². The van der Waals surface area contributed by atoms with Crippen LogP contribution in [0.25, 0.3) is 11.1 Å². The van der Waals surface area contributed by atoms with Crippen molar-refractivity contribution >= 4 is 0 Å². The summed E-state index contributed by atoms with van der Waals surface area (Å²) in [5.41, 5.74) is 3.60. The second-order valence-electron chi connectivity index (χ2n) is 11.2. The average molecular weight is 488 g/mol. The van der Waals surface area contributed by atoms with Gasteiger partial charge >= 0.3 is 0 Å². The van der Waals surface area contributed by atoms with Crippen molar-refractivity contribution in [3.05, 3.63) is 48.0 Å². The summed E-state index contributed by atoms with van der Waals surface area (Å²) in [5, 5.41) is 9.90. The molecule has 1 aromatic heterocycles. The first kappa shape index (κ1) is 28.4. The first-order valence-electron chi connectivity index (χ1n) is 15.0. The van der Waals surface area contributed by atoms with Gasteiger partial charge in [0.15, 0.2) is 0 Å². The van der Waals surface area contributed by atoms with Gasteiger partial charge in [0, 0.05) is 23.9 Å². The van der Waals surface area contributed by atoms with E-state index in [0.29, 0.717) is 5.92 Å². The Labute approximate surface area is 221 Å². The van der Waals surface area contributed by atoms with Crippen LogP contribution in [0.2, 0.25) is 0 Å². The van der Waals surface area contributed by atoms with Gasteiger partial charge in [-0.3, -0.25) is 0 Å². The lowest BCUT2D eigenvalue weighted by atomic mass is 9.68. The average Bonchev–Trinajstić information content (AvgIpc) is 2.93. The summed E-state index contributed by atoms with van der Waals surface area (Å²) >= 11 is 0. The molecule has 3 rings (SSSR count). The van der Waals surface area contributed by atoms with Crippen molar-refractivity contribution < 1.29 is 0 Å². The summed E-state index contributed by atoms with van der Waals surface area (Å²) in [5.74, 6) is 1.36. The third-order valence-corrected chi connectivity index (χ3v) is 8.33. The van der Waals surface area contributed by atoms with Crippen molar-refractivity contribution in [2.24, 2.45) is 5.41 Å². The Morgan fingerprint density at radius 2 is 1.31 bits per heavy atom. The third-order valence-electron chi connectivity index (χ3n) is 8.33. The van der Waals surface area contributed by atoms with E-state index in [2.05, 4.69) is 44.2 Å². The van der Waals surface area contributed by atoms with Gasteiger partial charge in [-0.15, -0.1) is 0 Å². The van der Waals surface area contributed by atoms with Crippen LogP contribution in [-0.2, 0) is 6.42 Å². The second-order valence-corrected chi connectivity index (χ2v) is 11.2. The summed E-state index contributed by atoms with van der Waals surface area (Å²) in [6.07, 6.45) is 26.1. The number of unbranched alkanes of at least 4 members (excludes halogenated alkanes) is 10. The van der Waals surface area contributed by atoms with Crippen LogP contribution in [0.15, 0.2) is 36.7 Å². The van der Waals surface area contributed by atoms with Gasteiger partial charge in [-0.05, 0) is 56.1 Å². The predicted molar refractivity (Wildman–Crippen MR) is 152 cm³/mol. The first-order chi connectivity index (χ1) is 17.7. The molecule has 0 N–H and O–H groups in total. The van der Waals surface area contributed by atoms with E-state index in [1.54, 1.807) is 0 Å². The minimum atomic E-state index is -0.112. The van der Waals surface area contributed by atoms with Crippen LogP contribution in [0.3, 0.4) is 0 Å². The number of aromatic nitrogens is 2. The smallest absolute Gasteiger partial charge is 0.131 e. The van der Waals surface area contributed by atoms with E-state index in [4.69, 9.17) is 9.97 Å². The lowest BCUT2D eigenvalue weighted by Gasteiger charge is -2.34. The molecule has 1 fully saturated rings. The summed E-state index contributed by atoms with van der Waals surface area (Å²) in [6.45, 7) is 4.53. The third kappa shape index (κ3) is 9.02. The normalized spacial score (nSPS) is 19.8. The fourth-order valence-electron chi connectivity index (χ4n) is 5.76. The molecule has 0 aliphatic heterocycles. The van der Waals surface area contributed by atoms with Gasteiger partial charge in [0.2, 0.25) is 0 Å². The van der Waals surface area contributed by atoms with Gasteiger partial charge in [0.25, 0.3) is 0 Å². The number of nitriles is 1. The van der Waals surface area contributed by atoms with Crippen LogP contribution in [0.5, 0.6) is 0 Å². The minimum Gasteiger partial charge on any atom is -0.240 e. The molecule has 0 saturated heterocycles. The Kier molecular flexibility index (Phi) is 12.5. The van der Waals surface area contributed by atoms with E-state index in [0.717, 1.165) is 43.5 Å². The molecular weight excluding hydrogens is 438 g/mol. The molecule has 0 spiro atoms. The Bertz CT molecular complexity index is 886. The zero-order chi connectivity index (χ0) is 25.5. The van der Waals surface area contributed by atoms with Crippen LogP contribution in [0.4, 0.5) is 0 Å². The van der Waals surface area contributed by atoms with E-state index in [1.165, 1.54) is 94.6 Å². The summed E-state index contributed by atoms with van der Waals surface area (Å²) < 4.78 is 0. The lowest BCUT2D eigenvalue weighted by Crippen LogP contribution is -2.26. The molecule has 3 heteroatoms. The van der Waals surface area contributed by atoms with Crippen LogP contribution in [-0.4, -0.2) is 9.97 Å². The molecule has 196 valence electrons. The van der Waals surface area contributed by atoms with E-state index >= 15 is 0 Å². The molecule has 1 aliphatic carbocycles. The van der Waals surface area contributed by atoms with Crippen molar-refractivity contribution in [2.45, 2.75) is 135 Å². The number of aryl methyl sites for hydroxylation is 1. The molecule has 0 amide bonds. The van der Waals surface area contributed by atoms with Gasteiger partial charge in [-0.2, -0.15) is 5.26 Å². The summed E-state index contributed by atoms with van der Waals surface area (Å²) in [4.78, 5) is 9.54. The molecule has 2 aromatic rings. The zero-order valence-corrected chi connectivity index (χ0v) is 23.1. The molecule has 1 saturated carbocycles. The van der Waals surface area contributed by atoms with Crippen molar-refractivity contribution in [2.75, 3.05) is 0 Å². The van der Waals surface area contributed by atoms with Crippen LogP contribution >= 0.6 is 0 Å². The molecular formula is C33H49N3. The maximum Gasteiger partial charge on any atom is 0.131 e. The molecule has 1 aromatic carbocycles. The molecule has 0 radical (unpaired) electrons. The molecule has 36 heavy (non-hydrogen) atoms.